The second-order valence-electron chi connectivity index (χ2n) is 7.68. The van der Waals surface area contributed by atoms with Crippen LogP contribution in [0.5, 0.6) is 0 Å². The molecule has 1 aromatic carbocycles. The Bertz CT molecular complexity index is 1070. The van der Waals surface area contributed by atoms with Gasteiger partial charge in [0.1, 0.15) is 5.41 Å². The molecule has 148 valence electrons. The molecule has 8 heteroatoms. The van der Waals surface area contributed by atoms with Gasteiger partial charge in [0.25, 0.3) is 0 Å². The number of anilines is 1. The van der Waals surface area contributed by atoms with E-state index < -0.39 is 5.41 Å². The predicted molar refractivity (Wildman–Crippen MR) is 106 cm³/mol. The molecule has 0 aliphatic carbocycles. The zero-order valence-corrected chi connectivity index (χ0v) is 16.2. The third-order valence-corrected chi connectivity index (χ3v) is 6.06. The predicted octanol–water partition coefficient (Wildman–Crippen LogP) is 1.87. The third kappa shape index (κ3) is 2.66. The maximum absolute atomic E-state index is 13.3. The molecule has 2 aliphatic heterocycles. The van der Waals surface area contributed by atoms with Gasteiger partial charge < -0.3 is 10.2 Å². The number of para-hydroxylation sites is 1. The quantitative estimate of drug-likeness (QED) is 0.737. The largest absolute Gasteiger partial charge is 0.334 e. The van der Waals surface area contributed by atoms with Crippen LogP contribution in [-0.2, 0) is 28.6 Å². The molecule has 29 heavy (non-hydrogen) atoms. The Morgan fingerprint density at radius 1 is 1.28 bits per heavy atom. The molecule has 2 amide bonds. The number of nitrogens with zero attached hydrogens (tertiary/aromatic N) is 5. The van der Waals surface area contributed by atoms with Crippen LogP contribution < -0.4 is 5.32 Å². The lowest BCUT2D eigenvalue weighted by Crippen LogP contribution is -2.42. The van der Waals surface area contributed by atoms with Gasteiger partial charge in [0.15, 0.2) is 0 Å². The van der Waals surface area contributed by atoms with Gasteiger partial charge in [-0.25, -0.2) is 0 Å². The normalized spacial score (nSPS) is 22.9. The van der Waals surface area contributed by atoms with Crippen molar-refractivity contribution < 1.29 is 9.59 Å². The van der Waals surface area contributed by atoms with Crippen LogP contribution in [0.4, 0.5) is 5.69 Å². The Morgan fingerprint density at radius 2 is 2.14 bits per heavy atom. The van der Waals surface area contributed by atoms with Gasteiger partial charge >= 0.3 is 0 Å². The lowest BCUT2D eigenvalue weighted by Gasteiger charge is -2.33. The number of hydrogen-bond donors (Lipinski definition) is 1. The van der Waals surface area contributed by atoms with Crippen LogP contribution in [0, 0.1) is 0 Å². The van der Waals surface area contributed by atoms with Gasteiger partial charge in [-0.2, -0.15) is 10.2 Å². The van der Waals surface area contributed by atoms with Crippen molar-refractivity contribution in [2.75, 3.05) is 11.9 Å². The van der Waals surface area contributed by atoms with Crippen molar-refractivity contribution in [3.05, 3.63) is 66.2 Å². The number of carbonyl (C=O) groups is 2. The van der Waals surface area contributed by atoms with Gasteiger partial charge in [0, 0.05) is 56.4 Å². The molecule has 3 aromatic rings. The Balaban J connectivity index is 1.53. The maximum atomic E-state index is 13.3. The van der Waals surface area contributed by atoms with Crippen molar-refractivity contribution in [2.45, 2.75) is 30.8 Å². The summed E-state index contributed by atoms with van der Waals surface area (Å²) in [6.07, 6.45) is 8.13. The number of carbonyl (C=O) groups excluding carboxylic acids is 2. The van der Waals surface area contributed by atoms with Gasteiger partial charge in [0.2, 0.25) is 11.8 Å². The second kappa shape index (κ2) is 6.58. The van der Waals surface area contributed by atoms with Crippen molar-refractivity contribution >= 4 is 17.5 Å². The Hall–Kier alpha value is -3.42. The van der Waals surface area contributed by atoms with E-state index in [4.69, 9.17) is 0 Å². The number of aromatic nitrogens is 4. The van der Waals surface area contributed by atoms with Crippen LogP contribution in [0.15, 0.2) is 55.1 Å². The van der Waals surface area contributed by atoms with E-state index in [1.54, 1.807) is 21.8 Å². The van der Waals surface area contributed by atoms with E-state index >= 15 is 0 Å². The summed E-state index contributed by atoms with van der Waals surface area (Å²) < 4.78 is 3.47. The highest BCUT2D eigenvalue weighted by Gasteiger charge is 2.59. The summed E-state index contributed by atoms with van der Waals surface area (Å²) in [6, 6.07) is 9.24. The molecular weight excluding hydrogens is 368 g/mol. The van der Waals surface area contributed by atoms with Gasteiger partial charge in [-0.1, -0.05) is 18.2 Å². The highest BCUT2D eigenvalue weighted by Crippen LogP contribution is 2.54. The Labute approximate surface area is 168 Å². The van der Waals surface area contributed by atoms with E-state index in [1.165, 1.54) is 0 Å². The number of likely N-dealkylation sites (tertiary alicyclic amines) is 1. The second-order valence-corrected chi connectivity index (χ2v) is 7.68. The van der Waals surface area contributed by atoms with Crippen LogP contribution in [0.2, 0.25) is 0 Å². The molecule has 5 rings (SSSR count). The first kappa shape index (κ1) is 17.7. The highest BCUT2D eigenvalue weighted by molar-refractivity contribution is 6.07. The lowest BCUT2D eigenvalue weighted by atomic mass is 9.73. The average Bonchev–Trinajstić information content (AvgIpc) is 3.49. The minimum Gasteiger partial charge on any atom is -0.334 e. The number of aryl methyl sites for hydroxylation is 2. The molecule has 1 fully saturated rings. The molecule has 8 nitrogen and oxygen atoms in total. The first-order chi connectivity index (χ1) is 14.1. The molecule has 1 N–H and O–H groups in total. The molecule has 0 saturated carbocycles. The first-order valence-electron chi connectivity index (χ1n) is 9.76. The maximum Gasteiger partial charge on any atom is 0.237 e. The van der Waals surface area contributed by atoms with E-state index in [9.17, 15) is 9.59 Å². The van der Waals surface area contributed by atoms with Crippen molar-refractivity contribution in [1.29, 1.82) is 0 Å². The van der Waals surface area contributed by atoms with E-state index in [2.05, 4.69) is 15.5 Å². The van der Waals surface area contributed by atoms with Gasteiger partial charge in [-0.15, -0.1) is 0 Å². The van der Waals surface area contributed by atoms with E-state index in [0.717, 1.165) is 16.8 Å². The third-order valence-electron chi connectivity index (χ3n) is 6.06. The van der Waals surface area contributed by atoms with Crippen LogP contribution in [0.25, 0.3) is 0 Å². The molecule has 2 aromatic heterocycles. The monoisotopic (exact) mass is 390 g/mol. The Kier molecular flexibility index (Phi) is 4.01. The fraction of sp³-hybridized carbons (Fsp3) is 0.333. The summed E-state index contributed by atoms with van der Waals surface area (Å²) in [5, 5.41) is 11.5. The minimum atomic E-state index is -0.791. The molecule has 4 heterocycles. The summed E-state index contributed by atoms with van der Waals surface area (Å²) in [4.78, 5) is 28.3. The number of benzene rings is 1. The zero-order chi connectivity index (χ0) is 20.0. The van der Waals surface area contributed by atoms with Gasteiger partial charge in [-0.3, -0.25) is 19.0 Å². The van der Waals surface area contributed by atoms with E-state index in [1.807, 2.05) is 54.7 Å². The average molecular weight is 390 g/mol. The summed E-state index contributed by atoms with van der Waals surface area (Å²) >= 11 is 0. The molecule has 0 unspecified atom stereocenters. The molecule has 0 bridgehead atoms. The summed E-state index contributed by atoms with van der Waals surface area (Å²) in [5.41, 5.74) is 1.88. The van der Waals surface area contributed by atoms with Crippen LogP contribution in [-0.4, -0.2) is 42.8 Å². The molecular formula is C21H22N6O2. The SMILES string of the molecule is Cn1cc([C@@H]2N(C(=O)CCn3cccn3)CC[C@]23C(=O)Nc2ccccc23)cn1. The Morgan fingerprint density at radius 3 is 2.90 bits per heavy atom. The van der Waals surface area contributed by atoms with Crippen LogP contribution in [0.3, 0.4) is 0 Å². The molecule has 2 aliphatic rings. The molecule has 1 spiro atoms. The first-order valence-corrected chi connectivity index (χ1v) is 9.76. The molecule has 2 atom stereocenters. The van der Waals surface area contributed by atoms with Crippen molar-refractivity contribution in [3.63, 3.8) is 0 Å². The van der Waals surface area contributed by atoms with Crippen molar-refractivity contribution in [1.82, 2.24) is 24.5 Å². The molecule has 1 saturated heterocycles. The standard InChI is InChI=1S/C21H22N6O2/c1-25-14-15(13-23-25)19-21(16-5-2-3-6-17(16)24-20(21)29)8-12-27(19)18(28)7-11-26-10-4-9-22-26/h2-6,9-10,13-14,19H,7-8,11-12H2,1H3,(H,24,29)/t19-,21+/m0/s1. The van der Waals surface area contributed by atoms with Crippen LogP contribution >= 0.6 is 0 Å². The van der Waals surface area contributed by atoms with Gasteiger partial charge in [-0.05, 0) is 24.1 Å². The summed E-state index contributed by atoms with van der Waals surface area (Å²) in [5.74, 6) is -0.0293. The van der Waals surface area contributed by atoms with Crippen LogP contribution in [0.1, 0.15) is 30.0 Å². The summed E-state index contributed by atoms with van der Waals surface area (Å²) in [6.45, 7) is 1.04. The van der Waals surface area contributed by atoms with Crippen molar-refractivity contribution in [2.24, 2.45) is 7.05 Å². The fourth-order valence-corrected chi connectivity index (χ4v) is 4.79. The van der Waals surface area contributed by atoms with E-state index in [0.29, 0.717) is 25.9 Å². The number of nitrogens with one attached hydrogen (secondary N) is 1. The number of fused-ring (bicyclic) bond motifs is 2. The number of amides is 2. The summed E-state index contributed by atoms with van der Waals surface area (Å²) in [7, 11) is 1.84. The zero-order valence-electron chi connectivity index (χ0n) is 16.2. The highest BCUT2D eigenvalue weighted by atomic mass is 16.2. The number of hydrogen-bond acceptors (Lipinski definition) is 4. The van der Waals surface area contributed by atoms with E-state index in [-0.39, 0.29) is 17.9 Å². The lowest BCUT2D eigenvalue weighted by molar-refractivity contribution is -0.133. The number of rotatable bonds is 4. The fourth-order valence-electron chi connectivity index (χ4n) is 4.79. The topological polar surface area (TPSA) is 85.0 Å². The molecule has 0 radical (unpaired) electrons. The smallest absolute Gasteiger partial charge is 0.237 e. The van der Waals surface area contributed by atoms with Gasteiger partial charge in [0.05, 0.1) is 12.2 Å². The van der Waals surface area contributed by atoms with Crippen molar-refractivity contribution in [3.8, 4) is 0 Å². The minimum absolute atomic E-state index is 0.0170.